The van der Waals surface area contributed by atoms with E-state index in [1.807, 2.05) is 36.4 Å². The lowest BCUT2D eigenvalue weighted by molar-refractivity contribution is -0.117. The predicted molar refractivity (Wildman–Crippen MR) is 110 cm³/mol. The third kappa shape index (κ3) is 3.52. The summed E-state index contributed by atoms with van der Waals surface area (Å²) >= 11 is 0. The lowest BCUT2D eigenvalue weighted by Gasteiger charge is -2.09. The number of amides is 1. The Balaban J connectivity index is 1.44. The van der Waals surface area contributed by atoms with Gasteiger partial charge in [0.15, 0.2) is 9.84 Å². The van der Waals surface area contributed by atoms with E-state index in [4.69, 9.17) is 0 Å². The van der Waals surface area contributed by atoms with Crippen molar-refractivity contribution in [1.29, 1.82) is 0 Å². The maximum Gasteiger partial charge on any atom is 0.228 e. The summed E-state index contributed by atoms with van der Waals surface area (Å²) < 4.78 is 24.5. The number of carbonyl (C=O) groups excluding carboxylic acids is 1. The van der Waals surface area contributed by atoms with E-state index in [2.05, 4.69) is 10.3 Å². The highest BCUT2D eigenvalue weighted by molar-refractivity contribution is 7.92. The molecule has 5 nitrogen and oxygen atoms in total. The molecule has 1 aliphatic carbocycles. The Morgan fingerprint density at radius 2 is 1.82 bits per heavy atom. The van der Waals surface area contributed by atoms with Crippen LogP contribution in [-0.4, -0.2) is 24.6 Å². The highest BCUT2D eigenvalue weighted by Gasteiger charge is 2.44. The fourth-order valence-corrected chi connectivity index (χ4v) is 4.49. The van der Waals surface area contributed by atoms with Crippen LogP contribution in [0.15, 0.2) is 65.8 Å². The average molecular weight is 394 g/mol. The minimum absolute atomic E-state index is 0.00251. The number of carbonyl (C=O) groups is 1. The maximum atomic E-state index is 12.6. The van der Waals surface area contributed by atoms with Gasteiger partial charge in [-0.15, -0.1) is 0 Å². The number of nitrogens with zero attached hydrogens (tertiary/aromatic N) is 1. The van der Waals surface area contributed by atoms with Gasteiger partial charge in [0.2, 0.25) is 5.91 Å². The van der Waals surface area contributed by atoms with Crippen LogP contribution in [0.4, 0.5) is 5.69 Å². The number of hydrogen-bond acceptors (Lipinski definition) is 4. The molecule has 144 valence electrons. The Kier molecular flexibility index (Phi) is 4.67. The number of aromatic nitrogens is 1. The Bertz CT molecular complexity index is 1140. The normalized spacial score (nSPS) is 19.0. The molecule has 1 aromatic heterocycles. The first kappa shape index (κ1) is 18.6. The number of rotatable bonds is 5. The molecule has 1 aliphatic rings. The number of sulfone groups is 1. The Morgan fingerprint density at radius 1 is 1.07 bits per heavy atom. The van der Waals surface area contributed by atoms with E-state index in [0.29, 0.717) is 4.90 Å². The molecule has 28 heavy (non-hydrogen) atoms. The monoisotopic (exact) mass is 394 g/mol. The van der Waals surface area contributed by atoms with E-state index < -0.39 is 15.1 Å². The molecule has 0 saturated heterocycles. The van der Waals surface area contributed by atoms with E-state index in [0.717, 1.165) is 28.4 Å². The second-order valence-electron chi connectivity index (χ2n) is 7.54. The predicted octanol–water partition coefficient (Wildman–Crippen LogP) is 4.16. The third-order valence-electron chi connectivity index (χ3n) is 5.29. The van der Waals surface area contributed by atoms with Gasteiger partial charge in [-0.25, -0.2) is 8.42 Å². The minimum atomic E-state index is -3.27. The van der Waals surface area contributed by atoms with E-state index in [9.17, 15) is 13.2 Å². The van der Waals surface area contributed by atoms with Gasteiger partial charge >= 0.3 is 0 Å². The number of fused-ring (bicyclic) bond motifs is 1. The Hall–Kier alpha value is -2.73. The van der Waals surface area contributed by atoms with Crippen LogP contribution < -0.4 is 5.32 Å². The molecule has 2 atom stereocenters. The topological polar surface area (TPSA) is 76.1 Å². The van der Waals surface area contributed by atoms with Crippen molar-refractivity contribution in [3.63, 3.8) is 0 Å². The van der Waals surface area contributed by atoms with Gasteiger partial charge in [-0.2, -0.15) is 0 Å². The summed E-state index contributed by atoms with van der Waals surface area (Å²) in [5.41, 5.74) is 1.78. The highest BCUT2D eigenvalue weighted by Crippen LogP contribution is 2.48. The quantitative estimate of drug-likeness (QED) is 0.705. The lowest BCUT2D eigenvalue weighted by Crippen LogP contribution is -2.15. The molecular weight excluding hydrogens is 372 g/mol. The molecule has 1 heterocycles. The molecule has 0 aliphatic heterocycles. The van der Waals surface area contributed by atoms with Crippen molar-refractivity contribution in [2.45, 2.75) is 36.3 Å². The molecule has 2 aromatic carbocycles. The number of benzene rings is 2. The summed E-state index contributed by atoms with van der Waals surface area (Å²) in [6.45, 7) is 3.35. The molecule has 1 fully saturated rings. The van der Waals surface area contributed by atoms with Crippen molar-refractivity contribution in [2.75, 3.05) is 5.32 Å². The zero-order valence-electron chi connectivity index (χ0n) is 15.8. The molecule has 1 saturated carbocycles. The van der Waals surface area contributed by atoms with Gasteiger partial charge in [0, 0.05) is 29.4 Å². The first-order valence-electron chi connectivity index (χ1n) is 9.35. The van der Waals surface area contributed by atoms with Crippen LogP contribution in [0.2, 0.25) is 0 Å². The Morgan fingerprint density at radius 3 is 2.54 bits per heavy atom. The fourth-order valence-electron chi connectivity index (χ4n) is 3.43. The van der Waals surface area contributed by atoms with E-state index in [1.165, 1.54) is 0 Å². The first-order chi connectivity index (χ1) is 13.4. The van der Waals surface area contributed by atoms with Crippen molar-refractivity contribution in [3.05, 3.63) is 66.5 Å². The second-order valence-corrected chi connectivity index (χ2v) is 10.0. The van der Waals surface area contributed by atoms with Crippen molar-refractivity contribution < 1.29 is 13.2 Å². The fraction of sp³-hybridized carbons (Fsp3) is 0.273. The van der Waals surface area contributed by atoms with Gasteiger partial charge in [-0.05, 0) is 67.5 Å². The molecular formula is C22H22N2O3S. The number of hydrogen-bond donors (Lipinski definition) is 1. The van der Waals surface area contributed by atoms with Crippen LogP contribution >= 0.6 is 0 Å². The largest absolute Gasteiger partial charge is 0.326 e. The molecule has 3 aromatic rings. The van der Waals surface area contributed by atoms with Gasteiger partial charge in [0.05, 0.1) is 10.1 Å². The highest BCUT2D eigenvalue weighted by atomic mass is 32.2. The van der Waals surface area contributed by atoms with Gasteiger partial charge in [-0.1, -0.05) is 18.2 Å². The van der Waals surface area contributed by atoms with Gasteiger partial charge in [0.25, 0.3) is 0 Å². The summed E-state index contributed by atoms with van der Waals surface area (Å²) in [7, 11) is -3.27. The molecule has 0 unspecified atom stereocenters. The SMILES string of the molecule is CC(C)S(=O)(=O)c1ccc([C@@H]2C[C@H]2C(=O)Nc2ccc3cnccc3c2)cc1. The van der Waals surface area contributed by atoms with Crippen molar-refractivity contribution >= 4 is 32.2 Å². The van der Waals surface area contributed by atoms with Crippen molar-refractivity contribution in [2.24, 2.45) is 5.92 Å². The molecule has 1 amide bonds. The molecule has 0 spiro atoms. The van der Waals surface area contributed by atoms with Crippen LogP contribution in [0.3, 0.4) is 0 Å². The molecule has 6 heteroatoms. The van der Waals surface area contributed by atoms with Crippen molar-refractivity contribution in [3.8, 4) is 0 Å². The number of anilines is 1. The summed E-state index contributed by atoms with van der Waals surface area (Å²) in [5.74, 6) is 0.0541. The maximum absolute atomic E-state index is 12.6. The van der Waals surface area contributed by atoms with E-state index in [1.54, 1.807) is 38.4 Å². The molecule has 1 N–H and O–H groups in total. The summed E-state index contributed by atoms with van der Waals surface area (Å²) in [5, 5.41) is 4.60. The number of pyridine rings is 1. The second kappa shape index (κ2) is 7.02. The first-order valence-corrected chi connectivity index (χ1v) is 10.9. The van der Waals surface area contributed by atoms with Gasteiger partial charge in [-0.3, -0.25) is 9.78 Å². The van der Waals surface area contributed by atoms with Crippen LogP contribution in [0.5, 0.6) is 0 Å². The number of nitrogens with one attached hydrogen (secondary N) is 1. The Labute approximate surface area is 164 Å². The van der Waals surface area contributed by atoms with Crippen molar-refractivity contribution in [1.82, 2.24) is 4.98 Å². The van der Waals surface area contributed by atoms with Crippen LogP contribution in [0.1, 0.15) is 31.7 Å². The molecule has 0 bridgehead atoms. The smallest absolute Gasteiger partial charge is 0.228 e. The van der Waals surface area contributed by atoms with Crippen LogP contribution in [0.25, 0.3) is 10.8 Å². The van der Waals surface area contributed by atoms with E-state index >= 15 is 0 Å². The lowest BCUT2D eigenvalue weighted by atomic mass is 10.1. The zero-order valence-corrected chi connectivity index (χ0v) is 16.6. The molecule has 0 radical (unpaired) electrons. The van der Waals surface area contributed by atoms with E-state index in [-0.39, 0.29) is 17.7 Å². The van der Waals surface area contributed by atoms with Gasteiger partial charge < -0.3 is 5.32 Å². The summed E-state index contributed by atoms with van der Waals surface area (Å²) in [6.07, 6.45) is 4.30. The third-order valence-corrected chi connectivity index (χ3v) is 7.46. The molecule has 4 rings (SSSR count). The summed E-state index contributed by atoms with van der Waals surface area (Å²) in [4.78, 5) is 17.0. The van der Waals surface area contributed by atoms with Gasteiger partial charge in [0.1, 0.15) is 0 Å². The summed E-state index contributed by atoms with van der Waals surface area (Å²) in [6, 6.07) is 14.6. The zero-order chi connectivity index (χ0) is 19.9. The van der Waals surface area contributed by atoms with Crippen LogP contribution in [-0.2, 0) is 14.6 Å². The van der Waals surface area contributed by atoms with Crippen LogP contribution in [0, 0.1) is 5.92 Å². The standard InChI is InChI=1S/C22H22N2O3S/c1-14(2)28(26,27)19-7-4-15(5-8-19)20-12-21(20)22(25)24-18-6-3-17-13-23-10-9-16(17)11-18/h3-11,13-14,20-21H,12H2,1-2H3,(H,24,25)/t20-,21+/m0/s1. The average Bonchev–Trinajstić information content (AvgIpc) is 3.49. The minimum Gasteiger partial charge on any atom is -0.326 e.